The summed E-state index contributed by atoms with van der Waals surface area (Å²) in [5, 5.41) is 3.54. The molecule has 0 radical (unpaired) electrons. The van der Waals surface area contributed by atoms with E-state index in [9.17, 15) is 31.5 Å². The van der Waals surface area contributed by atoms with Crippen LogP contribution in [0.2, 0.25) is 0 Å². The summed E-state index contributed by atoms with van der Waals surface area (Å²) < 4.78 is 71.8. The van der Waals surface area contributed by atoms with E-state index in [0.717, 1.165) is 35.1 Å². The summed E-state index contributed by atoms with van der Waals surface area (Å²) in [6.45, 7) is -0.329. The molecule has 0 aliphatic heterocycles. The number of nitrogens with zero attached hydrogens (tertiary/aromatic N) is 2. The molecule has 0 spiro atoms. The molecule has 11 heteroatoms. The largest absolute Gasteiger partial charge is 0.451 e. The van der Waals surface area contributed by atoms with E-state index in [0.29, 0.717) is 12.1 Å². The zero-order chi connectivity index (χ0) is 20.5. The van der Waals surface area contributed by atoms with E-state index in [4.69, 9.17) is 4.74 Å². The average molecular weight is 399 g/mol. The number of aromatic amines is 1. The van der Waals surface area contributed by atoms with E-state index in [2.05, 4.69) is 5.10 Å². The minimum absolute atomic E-state index is 0.0106. The Labute approximate surface area is 152 Å². The van der Waals surface area contributed by atoms with Crippen molar-refractivity contribution in [3.63, 3.8) is 0 Å². The molecule has 3 aromatic rings. The maximum absolute atomic E-state index is 14.2. The van der Waals surface area contributed by atoms with Crippen LogP contribution in [0.25, 0.3) is 0 Å². The molecule has 0 aliphatic carbocycles. The van der Waals surface area contributed by atoms with E-state index in [1.807, 2.05) is 4.98 Å². The number of alkyl halides is 3. The number of rotatable bonds is 4. The second-order valence-corrected chi connectivity index (χ2v) is 5.61. The van der Waals surface area contributed by atoms with Crippen LogP contribution in [-0.2, 0) is 12.7 Å². The number of hydrogen-bond acceptors (Lipinski definition) is 4. The number of benzene rings is 2. The second-order valence-electron chi connectivity index (χ2n) is 5.61. The van der Waals surface area contributed by atoms with Crippen molar-refractivity contribution < 1.29 is 26.7 Å². The van der Waals surface area contributed by atoms with Gasteiger partial charge in [-0.3, -0.25) is 9.78 Å². The van der Waals surface area contributed by atoms with Gasteiger partial charge in [-0.15, -0.1) is 0 Å². The molecule has 0 atom stereocenters. The van der Waals surface area contributed by atoms with E-state index >= 15 is 0 Å². The van der Waals surface area contributed by atoms with Crippen LogP contribution in [0.3, 0.4) is 0 Å². The first-order valence-corrected chi connectivity index (χ1v) is 7.63. The van der Waals surface area contributed by atoms with Gasteiger partial charge in [0, 0.05) is 0 Å². The molecule has 1 aromatic heterocycles. The highest BCUT2D eigenvalue weighted by atomic mass is 19.4. The number of ether oxygens (including phenoxy) is 1. The van der Waals surface area contributed by atoms with Gasteiger partial charge in [0.1, 0.15) is 11.9 Å². The first-order chi connectivity index (χ1) is 13.1. The lowest BCUT2D eigenvalue weighted by Crippen LogP contribution is -2.31. The molecular weight excluding hydrogens is 389 g/mol. The van der Waals surface area contributed by atoms with Gasteiger partial charge >= 0.3 is 11.9 Å². The highest BCUT2D eigenvalue weighted by molar-refractivity contribution is 5.37. The fourth-order valence-electron chi connectivity index (χ4n) is 2.29. The van der Waals surface area contributed by atoms with Gasteiger partial charge in [0.15, 0.2) is 17.4 Å². The van der Waals surface area contributed by atoms with Gasteiger partial charge in [-0.1, -0.05) is 0 Å². The summed E-state index contributed by atoms with van der Waals surface area (Å²) in [6, 6.07) is 5.05. The molecule has 0 bridgehead atoms. The lowest BCUT2D eigenvalue weighted by molar-refractivity contribution is -0.137. The van der Waals surface area contributed by atoms with Crippen molar-refractivity contribution in [1.29, 1.82) is 0 Å². The Kier molecular flexibility index (Phi) is 4.99. The van der Waals surface area contributed by atoms with E-state index in [1.165, 1.54) is 0 Å². The molecule has 0 saturated heterocycles. The average Bonchev–Trinajstić information content (AvgIpc) is 2.60. The quantitative estimate of drug-likeness (QED) is 0.685. The molecule has 6 nitrogen and oxygen atoms in total. The Morgan fingerprint density at radius 1 is 1.04 bits per heavy atom. The van der Waals surface area contributed by atoms with Gasteiger partial charge in [-0.05, 0) is 42.0 Å². The van der Waals surface area contributed by atoms with Crippen LogP contribution >= 0.6 is 0 Å². The second kappa shape index (κ2) is 7.25. The predicted octanol–water partition coefficient (Wildman–Crippen LogP) is 3.07. The van der Waals surface area contributed by atoms with Crippen LogP contribution < -0.4 is 16.0 Å². The molecule has 0 amide bonds. The highest BCUT2D eigenvalue weighted by Gasteiger charge is 2.30. The Morgan fingerprint density at radius 3 is 2.18 bits per heavy atom. The Balaban J connectivity index is 1.84. The maximum Gasteiger partial charge on any atom is 0.416 e. The Bertz CT molecular complexity index is 1100. The lowest BCUT2D eigenvalue weighted by atomic mass is 10.2. The molecule has 146 valence electrons. The number of nitrogens with one attached hydrogen (secondary N) is 1. The molecule has 3 rings (SSSR count). The molecule has 0 fully saturated rings. The topological polar surface area (TPSA) is 77.0 Å². The Hall–Kier alpha value is -3.50. The van der Waals surface area contributed by atoms with Crippen LogP contribution in [0.4, 0.5) is 22.0 Å². The summed E-state index contributed by atoms with van der Waals surface area (Å²) in [7, 11) is 0. The fraction of sp³-hybridized carbons (Fsp3) is 0.118. The van der Waals surface area contributed by atoms with Crippen molar-refractivity contribution in [1.82, 2.24) is 14.8 Å². The SMILES string of the molecule is O=c1cnn(Cc2cc(F)c(Oc3ccc(C(F)(F)F)cc3)c(F)c2)c(=O)[nH]1. The third-order valence-electron chi connectivity index (χ3n) is 3.57. The third kappa shape index (κ3) is 4.24. The van der Waals surface area contributed by atoms with Gasteiger partial charge in [0.05, 0.1) is 12.1 Å². The van der Waals surface area contributed by atoms with Crippen LogP contribution in [0.5, 0.6) is 11.5 Å². The predicted molar refractivity (Wildman–Crippen MR) is 86.1 cm³/mol. The monoisotopic (exact) mass is 399 g/mol. The zero-order valence-electron chi connectivity index (χ0n) is 13.8. The Morgan fingerprint density at radius 2 is 1.64 bits per heavy atom. The van der Waals surface area contributed by atoms with Crippen molar-refractivity contribution in [2.24, 2.45) is 0 Å². The van der Waals surface area contributed by atoms with Crippen molar-refractivity contribution >= 4 is 0 Å². The summed E-state index contributed by atoms with van der Waals surface area (Å²) in [5.41, 5.74) is -2.51. The normalized spacial score (nSPS) is 11.5. The molecule has 0 saturated carbocycles. The minimum Gasteiger partial charge on any atom is -0.451 e. The number of aromatic nitrogens is 3. The standard InChI is InChI=1S/C17H10F5N3O3/c18-12-5-9(8-25-16(27)24-14(26)7-23-25)6-13(19)15(12)28-11-3-1-10(2-4-11)17(20,21)22/h1-7H,8H2,(H,24,26,27). The van der Waals surface area contributed by atoms with E-state index < -0.39 is 40.4 Å². The van der Waals surface area contributed by atoms with E-state index in [-0.39, 0.29) is 17.9 Å². The first-order valence-electron chi connectivity index (χ1n) is 7.63. The van der Waals surface area contributed by atoms with Gasteiger partial charge in [0.25, 0.3) is 5.56 Å². The highest BCUT2D eigenvalue weighted by Crippen LogP contribution is 2.33. The van der Waals surface area contributed by atoms with Crippen LogP contribution in [0, 0.1) is 11.6 Å². The molecule has 0 aliphatic rings. The maximum atomic E-state index is 14.2. The van der Waals surface area contributed by atoms with Crippen LogP contribution in [0.1, 0.15) is 11.1 Å². The first kappa shape index (κ1) is 19.3. The number of halogens is 5. The van der Waals surface area contributed by atoms with Gasteiger partial charge < -0.3 is 4.74 Å². The summed E-state index contributed by atoms with van der Waals surface area (Å²) >= 11 is 0. The zero-order valence-corrected chi connectivity index (χ0v) is 13.8. The minimum atomic E-state index is -4.55. The molecule has 28 heavy (non-hydrogen) atoms. The summed E-state index contributed by atoms with van der Waals surface area (Å²) in [4.78, 5) is 24.5. The molecular formula is C17H10F5N3O3. The van der Waals surface area contributed by atoms with Crippen LogP contribution in [0.15, 0.2) is 52.2 Å². The number of H-pyrrole nitrogens is 1. The smallest absolute Gasteiger partial charge is 0.416 e. The molecule has 2 aromatic carbocycles. The van der Waals surface area contributed by atoms with Gasteiger partial charge in [0.2, 0.25) is 0 Å². The fourth-order valence-corrected chi connectivity index (χ4v) is 2.29. The number of hydrogen-bond donors (Lipinski definition) is 1. The third-order valence-corrected chi connectivity index (χ3v) is 3.57. The lowest BCUT2D eigenvalue weighted by Gasteiger charge is -2.11. The van der Waals surface area contributed by atoms with Crippen molar-refractivity contribution in [2.75, 3.05) is 0 Å². The molecule has 0 unspecified atom stereocenters. The van der Waals surface area contributed by atoms with Crippen molar-refractivity contribution in [3.8, 4) is 11.5 Å². The van der Waals surface area contributed by atoms with Gasteiger partial charge in [-0.2, -0.15) is 18.3 Å². The molecule has 1 N–H and O–H groups in total. The molecule has 1 heterocycles. The van der Waals surface area contributed by atoms with E-state index in [1.54, 1.807) is 0 Å². The van der Waals surface area contributed by atoms with Crippen molar-refractivity contribution in [2.45, 2.75) is 12.7 Å². The van der Waals surface area contributed by atoms with Crippen molar-refractivity contribution in [3.05, 3.63) is 86.2 Å². The summed E-state index contributed by atoms with van der Waals surface area (Å²) in [5.74, 6) is -3.28. The summed E-state index contributed by atoms with van der Waals surface area (Å²) in [6.07, 6.45) is -3.72. The van der Waals surface area contributed by atoms with Crippen LogP contribution in [-0.4, -0.2) is 14.8 Å². The van der Waals surface area contributed by atoms with Gasteiger partial charge in [-0.25, -0.2) is 18.3 Å².